The molecule has 3 heterocycles. The van der Waals surface area contributed by atoms with E-state index in [4.69, 9.17) is 14.5 Å². The molecule has 1 aromatic carbocycles. The zero-order chi connectivity index (χ0) is 19.3. The van der Waals surface area contributed by atoms with Gasteiger partial charge in [0.25, 0.3) is 0 Å². The molecule has 5 heteroatoms. The largest absolute Gasteiger partial charge is 0.497 e. The van der Waals surface area contributed by atoms with E-state index in [1.165, 1.54) is 36.5 Å². The molecular weight excluding hydrogens is 350 g/mol. The molecule has 0 amide bonds. The van der Waals surface area contributed by atoms with E-state index in [1.807, 2.05) is 6.07 Å². The van der Waals surface area contributed by atoms with Crippen molar-refractivity contribution in [2.75, 3.05) is 33.4 Å². The molecule has 4 rings (SSSR count). The first-order valence-electron chi connectivity index (χ1n) is 10.7. The highest BCUT2D eigenvalue weighted by atomic mass is 16.5. The SMILES string of the molecule is COc1cccc(CN2CCCC(Cn3c(C)cnc3C3CCOCC3)C2)c1. The molecule has 0 bridgehead atoms. The lowest BCUT2D eigenvalue weighted by Gasteiger charge is -2.34. The number of nitrogens with zero attached hydrogens (tertiary/aromatic N) is 3. The van der Waals surface area contributed by atoms with Crippen LogP contribution < -0.4 is 4.74 Å². The lowest BCUT2D eigenvalue weighted by Crippen LogP contribution is -2.37. The van der Waals surface area contributed by atoms with Crippen molar-refractivity contribution in [3.63, 3.8) is 0 Å². The molecular formula is C23H33N3O2. The maximum atomic E-state index is 5.55. The molecule has 28 heavy (non-hydrogen) atoms. The lowest BCUT2D eigenvalue weighted by molar-refractivity contribution is 0.0821. The van der Waals surface area contributed by atoms with Crippen molar-refractivity contribution >= 4 is 0 Å². The zero-order valence-corrected chi connectivity index (χ0v) is 17.3. The third-order valence-electron chi connectivity index (χ3n) is 6.26. The summed E-state index contributed by atoms with van der Waals surface area (Å²) in [7, 11) is 1.74. The smallest absolute Gasteiger partial charge is 0.119 e. The summed E-state index contributed by atoms with van der Waals surface area (Å²) in [5.74, 6) is 3.47. The number of aryl methyl sites for hydroxylation is 1. The standard InChI is InChI=1S/C23H33N3O2/c1-18-14-24-23(21-8-11-28-12-9-21)26(18)17-20-6-4-10-25(16-20)15-19-5-3-7-22(13-19)27-2/h3,5,7,13-14,20-21H,4,6,8-12,15-17H2,1-2H3. The van der Waals surface area contributed by atoms with Gasteiger partial charge in [-0.2, -0.15) is 0 Å². The van der Waals surface area contributed by atoms with E-state index in [9.17, 15) is 0 Å². The fourth-order valence-electron chi connectivity index (χ4n) is 4.73. The molecule has 0 spiro atoms. The van der Waals surface area contributed by atoms with Gasteiger partial charge in [-0.1, -0.05) is 12.1 Å². The molecule has 2 fully saturated rings. The Balaban J connectivity index is 1.40. The summed E-state index contributed by atoms with van der Waals surface area (Å²) in [5, 5.41) is 0. The molecule has 1 unspecified atom stereocenters. The Morgan fingerprint density at radius 2 is 2.07 bits per heavy atom. The van der Waals surface area contributed by atoms with Gasteiger partial charge in [-0.3, -0.25) is 4.90 Å². The van der Waals surface area contributed by atoms with E-state index in [2.05, 4.69) is 40.8 Å². The van der Waals surface area contributed by atoms with Gasteiger partial charge < -0.3 is 14.0 Å². The van der Waals surface area contributed by atoms with Crippen LogP contribution in [-0.2, 0) is 17.8 Å². The number of benzene rings is 1. The highest BCUT2D eigenvalue weighted by Crippen LogP contribution is 2.29. The van der Waals surface area contributed by atoms with Crippen molar-refractivity contribution in [1.29, 1.82) is 0 Å². The van der Waals surface area contributed by atoms with Crippen LogP contribution >= 0.6 is 0 Å². The minimum atomic E-state index is 0.555. The van der Waals surface area contributed by atoms with Gasteiger partial charge in [0.05, 0.1) is 7.11 Å². The molecule has 2 aliphatic heterocycles. The Kier molecular flexibility index (Phi) is 6.33. The summed E-state index contributed by atoms with van der Waals surface area (Å²) in [6.45, 7) is 8.37. The maximum Gasteiger partial charge on any atom is 0.119 e. The van der Waals surface area contributed by atoms with Gasteiger partial charge >= 0.3 is 0 Å². The van der Waals surface area contributed by atoms with Crippen LogP contribution in [0.25, 0.3) is 0 Å². The second kappa shape index (κ2) is 9.10. The monoisotopic (exact) mass is 383 g/mol. The predicted molar refractivity (Wildman–Crippen MR) is 111 cm³/mol. The van der Waals surface area contributed by atoms with E-state index < -0.39 is 0 Å². The van der Waals surface area contributed by atoms with Crippen molar-refractivity contribution in [1.82, 2.24) is 14.5 Å². The van der Waals surface area contributed by atoms with Crippen LogP contribution in [0.5, 0.6) is 5.75 Å². The van der Waals surface area contributed by atoms with Gasteiger partial charge in [-0.15, -0.1) is 0 Å². The summed E-state index contributed by atoms with van der Waals surface area (Å²) in [5.41, 5.74) is 2.63. The molecule has 1 atom stereocenters. The van der Waals surface area contributed by atoms with Gasteiger partial charge in [0.15, 0.2) is 0 Å². The second-order valence-corrected chi connectivity index (χ2v) is 8.35. The summed E-state index contributed by atoms with van der Waals surface area (Å²) in [6.07, 6.45) is 6.84. The quantitative estimate of drug-likeness (QED) is 0.756. The minimum absolute atomic E-state index is 0.555. The van der Waals surface area contributed by atoms with E-state index in [0.29, 0.717) is 11.8 Å². The number of hydrogen-bond donors (Lipinski definition) is 0. The summed E-state index contributed by atoms with van der Waals surface area (Å²) < 4.78 is 13.4. The average Bonchev–Trinajstić information content (AvgIpc) is 3.09. The fourth-order valence-corrected chi connectivity index (χ4v) is 4.73. The third kappa shape index (κ3) is 4.58. The molecule has 1 aromatic heterocycles. The summed E-state index contributed by atoms with van der Waals surface area (Å²) >= 11 is 0. The Hall–Kier alpha value is -1.85. The molecule has 0 N–H and O–H groups in total. The van der Waals surface area contributed by atoms with Crippen molar-refractivity contribution < 1.29 is 9.47 Å². The Morgan fingerprint density at radius 1 is 1.21 bits per heavy atom. The molecule has 5 nitrogen and oxygen atoms in total. The number of imidazole rings is 1. The maximum absolute atomic E-state index is 5.55. The predicted octanol–water partition coefficient (Wildman–Crippen LogP) is 4.01. The van der Waals surface area contributed by atoms with E-state index in [-0.39, 0.29) is 0 Å². The van der Waals surface area contributed by atoms with E-state index >= 15 is 0 Å². The molecule has 2 aliphatic rings. The summed E-state index contributed by atoms with van der Waals surface area (Å²) in [6, 6.07) is 8.47. The van der Waals surface area contributed by atoms with Crippen LogP contribution in [-0.4, -0.2) is 47.9 Å². The molecule has 2 saturated heterocycles. The molecule has 0 radical (unpaired) electrons. The number of rotatable bonds is 6. The first-order chi connectivity index (χ1) is 13.7. The number of methoxy groups -OCH3 is 1. The van der Waals surface area contributed by atoms with Crippen LogP contribution in [0.2, 0.25) is 0 Å². The first-order valence-corrected chi connectivity index (χ1v) is 10.7. The topological polar surface area (TPSA) is 39.5 Å². The lowest BCUT2D eigenvalue weighted by atomic mass is 9.96. The van der Waals surface area contributed by atoms with Gasteiger partial charge in [0, 0.05) is 50.7 Å². The zero-order valence-electron chi connectivity index (χ0n) is 17.3. The van der Waals surface area contributed by atoms with Crippen LogP contribution in [0, 0.1) is 12.8 Å². The second-order valence-electron chi connectivity index (χ2n) is 8.35. The van der Waals surface area contributed by atoms with E-state index in [0.717, 1.165) is 51.4 Å². The molecule has 2 aromatic rings. The van der Waals surface area contributed by atoms with Crippen molar-refractivity contribution in [3.05, 3.63) is 47.5 Å². The van der Waals surface area contributed by atoms with Crippen LogP contribution in [0.4, 0.5) is 0 Å². The van der Waals surface area contributed by atoms with Crippen LogP contribution in [0.1, 0.15) is 48.7 Å². The molecule has 152 valence electrons. The van der Waals surface area contributed by atoms with Gasteiger partial charge in [0.1, 0.15) is 11.6 Å². The molecule has 0 aliphatic carbocycles. The summed E-state index contributed by atoms with van der Waals surface area (Å²) in [4.78, 5) is 7.39. The van der Waals surface area contributed by atoms with Crippen LogP contribution in [0.15, 0.2) is 30.5 Å². The highest BCUT2D eigenvalue weighted by Gasteiger charge is 2.25. The number of aromatic nitrogens is 2. The van der Waals surface area contributed by atoms with Crippen molar-refractivity contribution in [2.45, 2.75) is 51.6 Å². The Labute approximate surface area is 168 Å². The van der Waals surface area contributed by atoms with Crippen molar-refractivity contribution in [2.24, 2.45) is 5.92 Å². The number of likely N-dealkylation sites (tertiary alicyclic amines) is 1. The van der Waals surface area contributed by atoms with Crippen molar-refractivity contribution in [3.8, 4) is 5.75 Å². The van der Waals surface area contributed by atoms with Gasteiger partial charge in [0.2, 0.25) is 0 Å². The fraction of sp³-hybridized carbons (Fsp3) is 0.609. The van der Waals surface area contributed by atoms with Gasteiger partial charge in [-0.25, -0.2) is 4.98 Å². The third-order valence-corrected chi connectivity index (χ3v) is 6.26. The number of ether oxygens (including phenoxy) is 2. The number of piperidine rings is 1. The Morgan fingerprint density at radius 3 is 2.89 bits per heavy atom. The van der Waals surface area contributed by atoms with E-state index in [1.54, 1.807) is 7.11 Å². The van der Waals surface area contributed by atoms with Gasteiger partial charge in [-0.05, 0) is 62.8 Å². The Bertz CT molecular complexity index is 767. The normalized spacial score (nSPS) is 21.7. The first kappa shape index (κ1) is 19.5. The number of hydrogen-bond acceptors (Lipinski definition) is 4. The van der Waals surface area contributed by atoms with Crippen LogP contribution in [0.3, 0.4) is 0 Å². The highest BCUT2D eigenvalue weighted by molar-refractivity contribution is 5.28. The average molecular weight is 384 g/mol. The minimum Gasteiger partial charge on any atom is -0.497 e. The molecule has 0 saturated carbocycles.